The third-order valence-electron chi connectivity index (χ3n) is 9.71. The first-order valence-corrected chi connectivity index (χ1v) is 15.5. The number of hydrogen-bond donors (Lipinski definition) is 0. The first kappa shape index (κ1) is 25.1. The summed E-state index contributed by atoms with van der Waals surface area (Å²) in [6, 6.07) is 55.6. The Labute approximate surface area is 257 Å². The van der Waals surface area contributed by atoms with Crippen LogP contribution in [0.1, 0.15) is 25.0 Å². The molecule has 1 aromatic heterocycles. The Morgan fingerprint density at radius 2 is 1.02 bits per heavy atom. The lowest BCUT2D eigenvalue weighted by atomic mass is 9.79. The Morgan fingerprint density at radius 3 is 1.70 bits per heavy atom. The fourth-order valence-electron chi connectivity index (χ4n) is 7.82. The molecular weight excluding hydrogens is 530 g/mol. The monoisotopic (exact) mass is 561 g/mol. The number of para-hydroxylation sites is 1. The van der Waals surface area contributed by atoms with Crippen LogP contribution in [-0.4, -0.2) is 4.57 Å². The van der Waals surface area contributed by atoms with Crippen LogP contribution < -0.4 is 0 Å². The van der Waals surface area contributed by atoms with Gasteiger partial charge in [-0.2, -0.15) is 0 Å². The summed E-state index contributed by atoms with van der Waals surface area (Å²) in [5, 5.41) is 5.27. The van der Waals surface area contributed by atoms with Gasteiger partial charge in [-0.05, 0) is 74.2 Å². The second-order valence-electron chi connectivity index (χ2n) is 12.5. The van der Waals surface area contributed by atoms with Crippen molar-refractivity contribution < 1.29 is 0 Å². The lowest BCUT2D eigenvalue weighted by molar-refractivity contribution is 0.666. The minimum atomic E-state index is -0.101. The fourth-order valence-corrected chi connectivity index (χ4v) is 7.82. The summed E-state index contributed by atoms with van der Waals surface area (Å²) in [7, 11) is 0. The van der Waals surface area contributed by atoms with E-state index in [2.05, 4.69) is 170 Å². The number of rotatable bonds is 3. The molecule has 9 rings (SSSR count). The van der Waals surface area contributed by atoms with Crippen LogP contribution in [0, 0.1) is 0 Å². The molecule has 0 bridgehead atoms. The van der Waals surface area contributed by atoms with Gasteiger partial charge in [-0.1, -0.05) is 141 Å². The van der Waals surface area contributed by atoms with E-state index in [9.17, 15) is 0 Å². The summed E-state index contributed by atoms with van der Waals surface area (Å²) in [6.45, 7) is 4.79. The molecule has 0 aliphatic heterocycles. The molecule has 0 fully saturated rings. The lowest BCUT2D eigenvalue weighted by Gasteiger charge is -2.24. The van der Waals surface area contributed by atoms with Gasteiger partial charge in [-0.3, -0.25) is 0 Å². The maximum absolute atomic E-state index is 2.53. The average Bonchev–Trinajstić information content (AvgIpc) is 3.55. The zero-order valence-corrected chi connectivity index (χ0v) is 24.9. The molecule has 8 aromatic rings. The lowest BCUT2D eigenvalue weighted by Crippen LogP contribution is -2.15. The average molecular weight is 562 g/mol. The molecule has 0 unspecified atom stereocenters. The minimum absolute atomic E-state index is 0.101. The highest BCUT2D eigenvalue weighted by Gasteiger charge is 2.39. The van der Waals surface area contributed by atoms with E-state index < -0.39 is 0 Å². The second-order valence-corrected chi connectivity index (χ2v) is 12.5. The Kier molecular flexibility index (Phi) is 5.31. The van der Waals surface area contributed by atoms with E-state index in [1.54, 1.807) is 0 Å². The number of fused-ring (bicyclic) bond motifs is 10. The minimum Gasteiger partial charge on any atom is -0.309 e. The first-order valence-electron chi connectivity index (χ1n) is 15.5. The number of benzene rings is 7. The normalized spacial score (nSPS) is 13.4. The van der Waals surface area contributed by atoms with Gasteiger partial charge in [-0.25, -0.2) is 0 Å². The van der Waals surface area contributed by atoms with Crippen molar-refractivity contribution in [2.75, 3.05) is 0 Å². The van der Waals surface area contributed by atoms with Gasteiger partial charge >= 0.3 is 0 Å². The highest BCUT2D eigenvalue weighted by Crippen LogP contribution is 2.56. The summed E-state index contributed by atoms with van der Waals surface area (Å²) in [4.78, 5) is 0. The van der Waals surface area contributed by atoms with Crippen LogP contribution in [0.25, 0.3) is 71.6 Å². The van der Waals surface area contributed by atoms with Crippen molar-refractivity contribution >= 4 is 32.6 Å². The Hall–Kier alpha value is -5.40. The number of aromatic nitrogens is 1. The zero-order valence-electron chi connectivity index (χ0n) is 24.9. The molecule has 0 spiro atoms. The molecule has 0 saturated carbocycles. The van der Waals surface area contributed by atoms with Crippen molar-refractivity contribution in [3.05, 3.63) is 163 Å². The third kappa shape index (κ3) is 3.47. The van der Waals surface area contributed by atoms with Crippen molar-refractivity contribution in [2.45, 2.75) is 19.3 Å². The Bertz CT molecular complexity index is 2330. The van der Waals surface area contributed by atoms with Gasteiger partial charge in [0.05, 0.1) is 11.0 Å². The number of nitrogens with zero attached hydrogens (tertiary/aromatic N) is 1. The molecular formula is C43H31N. The van der Waals surface area contributed by atoms with Gasteiger partial charge in [0.2, 0.25) is 0 Å². The van der Waals surface area contributed by atoms with Crippen molar-refractivity contribution in [3.8, 4) is 39.1 Å². The standard InChI is InChI=1S/C43H31N/c1-43(2)37-23-13-11-21-35(37)39-40-36-22-12-14-24-38(36)44(42(40)34-20-10-9-19-33(34)41(39)43)32-26-30(28-15-5-3-6-16-28)25-31(27-32)29-17-7-4-8-18-29/h3-27H,1-2H3. The van der Waals surface area contributed by atoms with Crippen LogP contribution in [0.5, 0.6) is 0 Å². The molecule has 0 atom stereocenters. The smallest absolute Gasteiger partial charge is 0.0625 e. The molecule has 0 amide bonds. The maximum atomic E-state index is 2.53. The molecule has 0 saturated heterocycles. The molecule has 0 N–H and O–H groups in total. The highest BCUT2D eigenvalue weighted by molar-refractivity contribution is 6.26. The van der Waals surface area contributed by atoms with Crippen LogP contribution in [-0.2, 0) is 5.41 Å². The molecule has 7 aromatic carbocycles. The quantitative estimate of drug-likeness (QED) is 0.202. The summed E-state index contributed by atoms with van der Waals surface area (Å²) in [5.41, 5.74) is 14.0. The van der Waals surface area contributed by atoms with E-state index in [4.69, 9.17) is 0 Å². The molecule has 1 aliphatic carbocycles. The molecule has 1 nitrogen and oxygen atoms in total. The van der Waals surface area contributed by atoms with Gasteiger partial charge < -0.3 is 4.57 Å². The maximum Gasteiger partial charge on any atom is 0.0625 e. The SMILES string of the molecule is CC1(C)c2ccccc2-c2c1c1ccccc1c1c2c2ccccc2n1-c1cc(-c2ccccc2)cc(-c2ccccc2)c1. The predicted octanol–water partition coefficient (Wildman–Crippen LogP) is 11.6. The summed E-state index contributed by atoms with van der Waals surface area (Å²) in [5.74, 6) is 0. The van der Waals surface area contributed by atoms with Crippen LogP contribution in [0.2, 0.25) is 0 Å². The van der Waals surface area contributed by atoms with E-state index in [0.717, 1.165) is 0 Å². The van der Waals surface area contributed by atoms with Gasteiger partial charge in [-0.15, -0.1) is 0 Å². The van der Waals surface area contributed by atoms with Crippen LogP contribution in [0.4, 0.5) is 0 Å². The van der Waals surface area contributed by atoms with Crippen molar-refractivity contribution in [1.29, 1.82) is 0 Å². The van der Waals surface area contributed by atoms with E-state index in [1.165, 1.54) is 82.8 Å². The topological polar surface area (TPSA) is 4.93 Å². The van der Waals surface area contributed by atoms with Crippen molar-refractivity contribution in [3.63, 3.8) is 0 Å². The van der Waals surface area contributed by atoms with E-state index in [1.807, 2.05) is 0 Å². The van der Waals surface area contributed by atoms with Crippen LogP contribution in [0.15, 0.2) is 152 Å². The van der Waals surface area contributed by atoms with Crippen LogP contribution in [0.3, 0.4) is 0 Å². The molecule has 1 heterocycles. The van der Waals surface area contributed by atoms with Crippen LogP contribution >= 0.6 is 0 Å². The van der Waals surface area contributed by atoms with Gasteiger partial charge in [0, 0.05) is 27.3 Å². The molecule has 0 radical (unpaired) electrons. The number of hydrogen-bond acceptors (Lipinski definition) is 0. The molecule has 44 heavy (non-hydrogen) atoms. The predicted molar refractivity (Wildman–Crippen MR) is 187 cm³/mol. The highest BCUT2D eigenvalue weighted by atomic mass is 15.0. The first-order chi connectivity index (χ1) is 21.6. The molecule has 1 heteroatoms. The summed E-state index contributed by atoms with van der Waals surface area (Å²) < 4.78 is 2.53. The van der Waals surface area contributed by atoms with Crippen molar-refractivity contribution in [1.82, 2.24) is 4.57 Å². The van der Waals surface area contributed by atoms with Gasteiger partial charge in [0.1, 0.15) is 0 Å². The van der Waals surface area contributed by atoms with Gasteiger partial charge in [0.25, 0.3) is 0 Å². The Balaban J connectivity index is 1.48. The fraction of sp³-hybridized carbons (Fsp3) is 0.0698. The van der Waals surface area contributed by atoms with E-state index in [-0.39, 0.29) is 5.41 Å². The van der Waals surface area contributed by atoms with Gasteiger partial charge in [0.15, 0.2) is 0 Å². The summed E-state index contributed by atoms with van der Waals surface area (Å²) >= 11 is 0. The van der Waals surface area contributed by atoms with E-state index in [0.29, 0.717) is 0 Å². The summed E-state index contributed by atoms with van der Waals surface area (Å²) in [6.07, 6.45) is 0. The zero-order chi connectivity index (χ0) is 29.4. The third-order valence-corrected chi connectivity index (χ3v) is 9.71. The largest absolute Gasteiger partial charge is 0.309 e. The molecule has 1 aliphatic rings. The molecule has 208 valence electrons. The van der Waals surface area contributed by atoms with Crippen molar-refractivity contribution in [2.24, 2.45) is 0 Å². The second kappa shape index (κ2) is 9.30. The Morgan fingerprint density at radius 1 is 0.477 bits per heavy atom. The van der Waals surface area contributed by atoms with E-state index >= 15 is 0 Å².